The molecule has 0 aliphatic heterocycles. The van der Waals surface area contributed by atoms with Crippen molar-refractivity contribution in [3.63, 3.8) is 0 Å². The number of hydrogen-bond acceptors (Lipinski definition) is 6. The van der Waals surface area contributed by atoms with Gasteiger partial charge in [0.2, 0.25) is 5.95 Å². The van der Waals surface area contributed by atoms with Crippen LogP contribution in [0, 0.1) is 5.82 Å². The van der Waals surface area contributed by atoms with E-state index in [4.69, 9.17) is 5.84 Å². The van der Waals surface area contributed by atoms with E-state index in [1.807, 2.05) is 30.3 Å². The fourth-order valence-electron chi connectivity index (χ4n) is 1.79. The number of hydrogen-bond donors (Lipinski definition) is 4. The highest BCUT2D eigenvalue weighted by molar-refractivity contribution is 5.45. The lowest BCUT2D eigenvalue weighted by molar-refractivity contribution is 0.223. The molecule has 0 amide bonds. The van der Waals surface area contributed by atoms with Crippen molar-refractivity contribution in [1.82, 2.24) is 9.97 Å². The number of nitrogens with two attached hydrogens (primary N) is 1. The van der Waals surface area contributed by atoms with Gasteiger partial charge in [0.05, 0.1) is 18.3 Å². The van der Waals surface area contributed by atoms with Crippen LogP contribution in [0.25, 0.3) is 0 Å². The summed E-state index contributed by atoms with van der Waals surface area (Å²) in [4.78, 5) is 7.57. The van der Waals surface area contributed by atoms with Crippen LogP contribution in [0.5, 0.6) is 0 Å². The zero-order chi connectivity index (χ0) is 14.6. The molecular weight excluding hydrogens is 261 g/mol. The van der Waals surface area contributed by atoms with E-state index >= 15 is 0 Å². The molecule has 0 saturated heterocycles. The van der Waals surface area contributed by atoms with Gasteiger partial charge in [0.1, 0.15) is 0 Å². The minimum absolute atomic E-state index is 0.0339. The number of nitrogens with zero attached hydrogens (tertiary/aromatic N) is 2. The fourth-order valence-corrected chi connectivity index (χ4v) is 1.79. The predicted molar refractivity (Wildman–Crippen MR) is 74.3 cm³/mol. The van der Waals surface area contributed by atoms with E-state index in [0.717, 1.165) is 11.8 Å². The first kappa shape index (κ1) is 14.2. The second-order valence-electron chi connectivity index (χ2n) is 4.52. The first-order valence-electron chi connectivity index (χ1n) is 6.03. The quantitative estimate of drug-likeness (QED) is 0.485. The van der Waals surface area contributed by atoms with Gasteiger partial charge in [-0.3, -0.25) is 5.43 Å². The largest absolute Gasteiger partial charge is 0.394 e. The zero-order valence-electron chi connectivity index (χ0n) is 11.0. The van der Waals surface area contributed by atoms with Crippen LogP contribution in [0.15, 0.2) is 36.5 Å². The van der Waals surface area contributed by atoms with E-state index < -0.39 is 11.4 Å². The van der Waals surface area contributed by atoms with Crippen molar-refractivity contribution in [2.75, 3.05) is 17.3 Å². The highest BCUT2D eigenvalue weighted by atomic mass is 19.1. The van der Waals surface area contributed by atoms with Crippen LogP contribution in [-0.4, -0.2) is 21.7 Å². The normalized spacial score (nSPS) is 13.6. The monoisotopic (exact) mass is 277 g/mol. The molecular formula is C13H16FN5O. The predicted octanol–water partition coefficient (Wildman–Crippen LogP) is 1.22. The van der Waals surface area contributed by atoms with Gasteiger partial charge in [-0.1, -0.05) is 30.3 Å². The van der Waals surface area contributed by atoms with Crippen LogP contribution >= 0.6 is 0 Å². The number of halogens is 1. The van der Waals surface area contributed by atoms with E-state index in [1.165, 1.54) is 0 Å². The second-order valence-corrected chi connectivity index (χ2v) is 4.52. The number of benzene rings is 1. The van der Waals surface area contributed by atoms with Gasteiger partial charge in [-0.2, -0.15) is 4.98 Å². The minimum atomic E-state index is -0.873. The summed E-state index contributed by atoms with van der Waals surface area (Å²) < 4.78 is 13.8. The number of rotatable bonds is 5. The second kappa shape index (κ2) is 5.81. The fraction of sp³-hybridized carbons (Fsp3) is 0.231. The summed E-state index contributed by atoms with van der Waals surface area (Å²) >= 11 is 0. The molecule has 1 heterocycles. The Balaban J connectivity index is 2.35. The minimum Gasteiger partial charge on any atom is -0.394 e. The number of anilines is 2. The number of aromatic nitrogens is 2. The molecule has 0 radical (unpaired) electrons. The van der Waals surface area contributed by atoms with E-state index in [0.29, 0.717) is 0 Å². The lowest BCUT2D eigenvalue weighted by atomic mass is 9.93. The molecule has 5 N–H and O–H groups in total. The van der Waals surface area contributed by atoms with Crippen molar-refractivity contribution in [2.24, 2.45) is 5.84 Å². The van der Waals surface area contributed by atoms with Gasteiger partial charge in [0.15, 0.2) is 11.6 Å². The summed E-state index contributed by atoms with van der Waals surface area (Å²) in [6.45, 7) is 1.52. The van der Waals surface area contributed by atoms with Crippen LogP contribution in [0.1, 0.15) is 12.5 Å². The van der Waals surface area contributed by atoms with Crippen molar-refractivity contribution in [3.8, 4) is 0 Å². The number of aliphatic hydroxyl groups is 1. The third kappa shape index (κ3) is 2.84. The maximum Gasteiger partial charge on any atom is 0.239 e. The lowest BCUT2D eigenvalue weighted by Gasteiger charge is -2.30. The summed E-state index contributed by atoms with van der Waals surface area (Å²) in [6, 6.07) is 9.22. The van der Waals surface area contributed by atoms with Crippen LogP contribution in [0.2, 0.25) is 0 Å². The molecule has 0 aliphatic carbocycles. The van der Waals surface area contributed by atoms with Crippen LogP contribution < -0.4 is 16.6 Å². The Kier molecular flexibility index (Phi) is 4.11. The zero-order valence-corrected chi connectivity index (χ0v) is 11.0. The topological polar surface area (TPSA) is 96.1 Å². The van der Waals surface area contributed by atoms with Crippen molar-refractivity contribution in [3.05, 3.63) is 47.9 Å². The molecule has 0 fully saturated rings. The third-order valence-electron chi connectivity index (χ3n) is 2.99. The van der Waals surface area contributed by atoms with Gasteiger partial charge >= 0.3 is 0 Å². The van der Waals surface area contributed by atoms with Gasteiger partial charge in [-0.05, 0) is 12.5 Å². The average Bonchev–Trinajstić information content (AvgIpc) is 2.50. The Labute approximate surface area is 115 Å². The van der Waals surface area contributed by atoms with Gasteiger partial charge in [-0.15, -0.1) is 0 Å². The molecule has 106 valence electrons. The van der Waals surface area contributed by atoms with Gasteiger partial charge in [0, 0.05) is 0 Å². The molecule has 0 aliphatic rings. The third-order valence-corrected chi connectivity index (χ3v) is 2.99. The Morgan fingerprint density at radius 1 is 1.35 bits per heavy atom. The Bertz CT molecular complexity index is 580. The summed E-state index contributed by atoms with van der Waals surface area (Å²) in [5.41, 5.74) is 2.18. The molecule has 2 rings (SSSR count). The van der Waals surface area contributed by atoms with Crippen LogP contribution in [-0.2, 0) is 5.54 Å². The molecule has 20 heavy (non-hydrogen) atoms. The highest BCUT2D eigenvalue weighted by Crippen LogP contribution is 2.26. The van der Waals surface area contributed by atoms with Crippen molar-refractivity contribution >= 4 is 11.8 Å². The standard InChI is InChI=1S/C13H16FN5O/c1-13(8-20,9-5-3-2-4-6-9)18-11-10(14)7-16-12(17-11)19-15/h2-7,20H,8,15H2,1H3,(H2,16,17,18,19). The van der Waals surface area contributed by atoms with Crippen LogP contribution in [0.3, 0.4) is 0 Å². The van der Waals surface area contributed by atoms with Gasteiger partial charge in [0.25, 0.3) is 0 Å². The maximum atomic E-state index is 13.8. The molecule has 0 spiro atoms. The summed E-state index contributed by atoms with van der Waals surface area (Å²) in [5.74, 6) is 4.63. The van der Waals surface area contributed by atoms with E-state index in [-0.39, 0.29) is 18.4 Å². The maximum absolute atomic E-state index is 13.8. The highest BCUT2D eigenvalue weighted by Gasteiger charge is 2.27. The molecule has 2 aromatic rings. The SMILES string of the molecule is CC(CO)(Nc1nc(NN)ncc1F)c1ccccc1. The van der Waals surface area contributed by atoms with E-state index in [2.05, 4.69) is 20.7 Å². The van der Waals surface area contributed by atoms with Crippen LogP contribution in [0.4, 0.5) is 16.2 Å². The smallest absolute Gasteiger partial charge is 0.239 e. The van der Waals surface area contributed by atoms with E-state index in [1.54, 1.807) is 6.92 Å². The Hall–Kier alpha value is -2.25. The molecule has 1 atom stereocenters. The first-order chi connectivity index (χ1) is 9.59. The number of nitrogen functional groups attached to an aromatic ring is 1. The summed E-state index contributed by atoms with van der Waals surface area (Å²) in [5, 5.41) is 12.5. The molecule has 0 bridgehead atoms. The average molecular weight is 277 g/mol. The molecule has 1 aromatic carbocycles. The number of aliphatic hydroxyl groups excluding tert-OH is 1. The Morgan fingerprint density at radius 3 is 2.65 bits per heavy atom. The van der Waals surface area contributed by atoms with E-state index in [9.17, 15) is 9.50 Å². The summed E-state index contributed by atoms with van der Waals surface area (Å²) in [6.07, 6.45) is 1.01. The lowest BCUT2D eigenvalue weighted by Crippen LogP contribution is -2.36. The summed E-state index contributed by atoms with van der Waals surface area (Å²) in [7, 11) is 0. The van der Waals surface area contributed by atoms with Gasteiger partial charge in [-0.25, -0.2) is 15.2 Å². The molecule has 0 saturated carbocycles. The van der Waals surface area contributed by atoms with Crippen molar-refractivity contribution in [1.29, 1.82) is 0 Å². The molecule has 6 nitrogen and oxygen atoms in total. The molecule has 1 unspecified atom stereocenters. The number of nitrogens with one attached hydrogen (secondary N) is 2. The molecule has 7 heteroatoms. The van der Waals surface area contributed by atoms with Crippen molar-refractivity contribution < 1.29 is 9.50 Å². The first-order valence-corrected chi connectivity index (χ1v) is 6.03. The molecule has 1 aromatic heterocycles. The number of hydrazine groups is 1. The Morgan fingerprint density at radius 2 is 2.05 bits per heavy atom. The van der Waals surface area contributed by atoms with Crippen molar-refractivity contribution in [2.45, 2.75) is 12.5 Å². The van der Waals surface area contributed by atoms with Gasteiger partial charge < -0.3 is 10.4 Å².